The van der Waals surface area contributed by atoms with E-state index in [0.717, 1.165) is 23.0 Å². The van der Waals surface area contributed by atoms with Crippen LogP contribution in [0.15, 0.2) is 30.3 Å². The second-order valence-corrected chi connectivity index (χ2v) is 3.37. The molecule has 0 saturated carbocycles. The van der Waals surface area contributed by atoms with Gasteiger partial charge < -0.3 is 5.11 Å². The van der Waals surface area contributed by atoms with Crippen LogP contribution in [0.4, 0.5) is 0 Å². The fourth-order valence-corrected chi connectivity index (χ4v) is 1.50. The van der Waals surface area contributed by atoms with Gasteiger partial charge in [0.15, 0.2) is 0 Å². The lowest BCUT2D eigenvalue weighted by Gasteiger charge is -2.01. The monoisotopic (exact) mass is 201 g/mol. The van der Waals surface area contributed by atoms with E-state index >= 15 is 0 Å². The Morgan fingerprint density at radius 1 is 1.33 bits per heavy atom. The molecule has 3 heteroatoms. The van der Waals surface area contributed by atoms with Crippen LogP contribution in [0.25, 0.3) is 10.9 Å². The number of hydrogen-bond donors (Lipinski definition) is 1. The summed E-state index contributed by atoms with van der Waals surface area (Å²) in [6.07, 6.45) is 0.886. The molecule has 0 amide bonds. The normalized spacial score (nSPS) is 10.5. The molecule has 1 N–H and O–H groups in total. The summed E-state index contributed by atoms with van der Waals surface area (Å²) in [6.45, 7) is 2.04. The number of pyridine rings is 1. The maximum atomic E-state index is 10.7. The van der Waals surface area contributed by atoms with E-state index in [1.165, 1.54) is 0 Å². The summed E-state index contributed by atoms with van der Waals surface area (Å²) in [5.41, 5.74) is 2.17. The maximum absolute atomic E-state index is 10.7. The highest BCUT2D eigenvalue weighted by molar-refractivity contribution is 5.93. The Morgan fingerprint density at radius 2 is 2.13 bits per heavy atom. The molecule has 0 saturated heterocycles. The number of carboxylic acid groups (broad SMARTS) is 1. The highest BCUT2D eigenvalue weighted by Gasteiger charge is 2.04. The van der Waals surface area contributed by atoms with Gasteiger partial charge in [-0.15, -0.1) is 0 Å². The number of benzene rings is 1. The number of carbonyl (C=O) groups is 1. The second-order valence-electron chi connectivity index (χ2n) is 3.37. The largest absolute Gasteiger partial charge is 0.478 e. The van der Waals surface area contributed by atoms with Crippen LogP contribution in [0.2, 0.25) is 0 Å². The first-order chi connectivity index (χ1) is 7.20. The third-order valence-electron chi connectivity index (χ3n) is 2.36. The van der Waals surface area contributed by atoms with E-state index in [1.807, 2.05) is 19.1 Å². The lowest BCUT2D eigenvalue weighted by molar-refractivity contribution is 0.0697. The van der Waals surface area contributed by atoms with Gasteiger partial charge in [0.1, 0.15) is 0 Å². The van der Waals surface area contributed by atoms with E-state index in [1.54, 1.807) is 18.2 Å². The Labute approximate surface area is 87.4 Å². The number of carboxylic acids is 1. The molecule has 0 bridgehead atoms. The zero-order valence-electron chi connectivity index (χ0n) is 8.40. The van der Waals surface area contributed by atoms with E-state index in [-0.39, 0.29) is 0 Å². The zero-order valence-corrected chi connectivity index (χ0v) is 8.40. The van der Waals surface area contributed by atoms with Crippen LogP contribution < -0.4 is 0 Å². The van der Waals surface area contributed by atoms with E-state index in [0.29, 0.717) is 5.56 Å². The van der Waals surface area contributed by atoms with Crippen LogP contribution in [0.1, 0.15) is 23.0 Å². The van der Waals surface area contributed by atoms with Gasteiger partial charge in [0.2, 0.25) is 0 Å². The van der Waals surface area contributed by atoms with E-state index in [9.17, 15) is 4.79 Å². The van der Waals surface area contributed by atoms with Crippen LogP contribution >= 0.6 is 0 Å². The molecule has 0 atom stereocenters. The summed E-state index contributed by atoms with van der Waals surface area (Å²) < 4.78 is 0. The van der Waals surface area contributed by atoms with E-state index in [4.69, 9.17) is 5.11 Å². The minimum absolute atomic E-state index is 0.300. The van der Waals surface area contributed by atoms with E-state index < -0.39 is 5.97 Å². The zero-order chi connectivity index (χ0) is 10.8. The first kappa shape index (κ1) is 9.65. The van der Waals surface area contributed by atoms with Crippen molar-refractivity contribution in [1.82, 2.24) is 4.98 Å². The number of nitrogens with zero attached hydrogens (tertiary/aromatic N) is 1. The molecule has 1 heterocycles. The van der Waals surface area contributed by atoms with Crippen molar-refractivity contribution in [3.05, 3.63) is 41.6 Å². The minimum atomic E-state index is -0.906. The van der Waals surface area contributed by atoms with Crippen molar-refractivity contribution in [2.75, 3.05) is 0 Å². The van der Waals surface area contributed by atoms with Gasteiger partial charge in [-0.3, -0.25) is 4.98 Å². The topological polar surface area (TPSA) is 50.2 Å². The summed E-state index contributed by atoms with van der Waals surface area (Å²) in [5, 5.41) is 9.69. The molecule has 76 valence electrons. The maximum Gasteiger partial charge on any atom is 0.335 e. The van der Waals surface area contributed by atoms with Crippen molar-refractivity contribution >= 4 is 16.9 Å². The standard InChI is InChI=1S/C12H11NO2/c1-2-10-5-3-8-7-9(12(14)15)4-6-11(8)13-10/h3-7H,2H2,1H3,(H,14,15). The summed E-state index contributed by atoms with van der Waals surface area (Å²) in [4.78, 5) is 15.1. The summed E-state index contributed by atoms with van der Waals surface area (Å²) in [5.74, 6) is -0.906. The first-order valence-corrected chi connectivity index (χ1v) is 4.83. The summed E-state index contributed by atoms with van der Waals surface area (Å²) >= 11 is 0. The summed E-state index contributed by atoms with van der Waals surface area (Å²) in [7, 11) is 0. The Bertz CT molecular complexity index is 520. The second kappa shape index (κ2) is 3.69. The quantitative estimate of drug-likeness (QED) is 0.812. The van der Waals surface area contributed by atoms with Crippen LogP contribution in [0.3, 0.4) is 0 Å². The van der Waals surface area contributed by atoms with Gasteiger partial charge in [-0.25, -0.2) is 4.79 Å². The minimum Gasteiger partial charge on any atom is -0.478 e. The molecule has 0 fully saturated rings. The number of hydrogen-bond acceptors (Lipinski definition) is 2. The van der Waals surface area contributed by atoms with Crippen molar-refractivity contribution in [1.29, 1.82) is 0 Å². The summed E-state index contributed by atoms with van der Waals surface area (Å²) in [6, 6.07) is 8.81. The Hall–Kier alpha value is -1.90. The van der Waals surface area contributed by atoms with Crippen molar-refractivity contribution in [3.63, 3.8) is 0 Å². The number of aryl methyl sites for hydroxylation is 1. The van der Waals surface area contributed by atoms with E-state index in [2.05, 4.69) is 4.98 Å². The fraction of sp³-hybridized carbons (Fsp3) is 0.167. The average Bonchev–Trinajstić information content (AvgIpc) is 2.27. The predicted octanol–water partition coefficient (Wildman–Crippen LogP) is 2.50. The molecule has 0 aliphatic carbocycles. The van der Waals surface area contributed by atoms with Crippen molar-refractivity contribution in [2.24, 2.45) is 0 Å². The molecular weight excluding hydrogens is 190 g/mol. The average molecular weight is 201 g/mol. The lowest BCUT2D eigenvalue weighted by Crippen LogP contribution is -1.96. The molecule has 2 aromatic rings. The number of rotatable bonds is 2. The molecule has 15 heavy (non-hydrogen) atoms. The van der Waals surface area contributed by atoms with Crippen molar-refractivity contribution < 1.29 is 9.90 Å². The lowest BCUT2D eigenvalue weighted by atomic mass is 10.1. The predicted molar refractivity (Wildman–Crippen MR) is 58.1 cm³/mol. The molecule has 0 spiro atoms. The van der Waals surface area contributed by atoms with Crippen LogP contribution in [-0.4, -0.2) is 16.1 Å². The third-order valence-corrected chi connectivity index (χ3v) is 2.36. The van der Waals surface area contributed by atoms with Crippen LogP contribution in [0, 0.1) is 0 Å². The fourth-order valence-electron chi connectivity index (χ4n) is 1.50. The van der Waals surface area contributed by atoms with Gasteiger partial charge in [0, 0.05) is 11.1 Å². The third kappa shape index (κ3) is 1.81. The molecule has 3 nitrogen and oxygen atoms in total. The van der Waals surface area contributed by atoms with Crippen LogP contribution in [0.5, 0.6) is 0 Å². The SMILES string of the molecule is CCc1ccc2cc(C(=O)O)ccc2n1. The van der Waals surface area contributed by atoms with Crippen molar-refractivity contribution in [2.45, 2.75) is 13.3 Å². The molecule has 2 rings (SSSR count). The molecule has 0 unspecified atom stereocenters. The highest BCUT2D eigenvalue weighted by Crippen LogP contribution is 2.15. The molecule has 0 aliphatic heterocycles. The molecule has 0 aliphatic rings. The van der Waals surface area contributed by atoms with Gasteiger partial charge in [-0.2, -0.15) is 0 Å². The number of aromatic nitrogens is 1. The van der Waals surface area contributed by atoms with Crippen LogP contribution in [-0.2, 0) is 6.42 Å². The van der Waals surface area contributed by atoms with Gasteiger partial charge in [-0.1, -0.05) is 13.0 Å². The molecule has 1 aromatic heterocycles. The molecular formula is C12H11NO2. The van der Waals surface area contributed by atoms with Crippen molar-refractivity contribution in [3.8, 4) is 0 Å². The molecule has 0 radical (unpaired) electrons. The number of aromatic carboxylic acids is 1. The Morgan fingerprint density at radius 3 is 2.80 bits per heavy atom. The first-order valence-electron chi connectivity index (χ1n) is 4.83. The Kier molecular flexibility index (Phi) is 2.37. The highest BCUT2D eigenvalue weighted by atomic mass is 16.4. The smallest absolute Gasteiger partial charge is 0.335 e. The van der Waals surface area contributed by atoms with Gasteiger partial charge in [0.05, 0.1) is 11.1 Å². The van der Waals surface area contributed by atoms with Gasteiger partial charge in [-0.05, 0) is 30.7 Å². The van der Waals surface area contributed by atoms with Gasteiger partial charge in [0.25, 0.3) is 0 Å². The number of fused-ring (bicyclic) bond motifs is 1. The Balaban J connectivity index is 2.59. The molecule has 1 aromatic carbocycles. The van der Waals surface area contributed by atoms with Gasteiger partial charge >= 0.3 is 5.97 Å².